The Balaban J connectivity index is 1.75. The Morgan fingerprint density at radius 3 is 2.33 bits per heavy atom. The second-order valence-corrected chi connectivity index (χ2v) is 10.2. The van der Waals surface area contributed by atoms with Crippen molar-refractivity contribution in [3.63, 3.8) is 0 Å². The molecule has 1 fully saturated rings. The number of piperazine rings is 1. The predicted molar refractivity (Wildman–Crippen MR) is 149 cm³/mol. The summed E-state index contributed by atoms with van der Waals surface area (Å²) in [4.78, 5) is 20.6. The van der Waals surface area contributed by atoms with Crippen LogP contribution in [0.1, 0.15) is 48.8 Å². The first-order valence-electron chi connectivity index (χ1n) is 12.7. The van der Waals surface area contributed by atoms with Gasteiger partial charge in [-0.25, -0.2) is 4.68 Å². The van der Waals surface area contributed by atoms with Gasteiger partial charge in [-0.1, -0.05) is 55.2 Å². The minimum atomic E-state index is -0.0588. The van der Waals surface area contributed by atoms with Crippen LogP contribution in [0.4, 0.5) is 5.82 Å². The van der Waals surface area contributed by atoms with E-state index < -0.39 is 0 Å². The number of hydrogen-bond donors (Lipinski definition) is 0. The molecular weight excluding hydrogens is 493 g/mol. The Morgan fingerprint density at radius 2 is 1.72 bits per heavy atom. The van der Waals surface area contributed by atoms with E-state index in [9.17, 15) is 4.79 Å². The predicted octanol–water partition coefficient (Wildman–Crippen LogP) is 6.07. The van der Waals surface area contributed by atoms with E-state index in [0.29, 0.717) is 22.2 Å². The van der Waals surface area contributed by atoms with Gasteiger partial charge >= 0.3 is 0 Å². The van der Waals surface area contributed by atoms with E-state index in [1.807, 2.05) is 34.7 Å². The summed E-state index contributed by atoms with van der Waals surface area (Å²) in [5, 5.41) is 5.80. The van der Waals surface area contributed by atoms with Crippen LogP contribution in [-0.4, -0.2) is 64.3 Å². The number of aryl methyl sites for hydroxylation is 1. The zero-order valence-corrected chi connectivity index (χ0v) is 23.1. The number of carbonyl (C=O) groups is 1. The highest BCUT2D eigenvalue weighted by molar-refractivity contribution is 6.42. The lowest BCUT2D eigenvalue weighted by Crippen LogP contribution is -2.47. The largest absolute Gasteiger partial charge is 0.354 e. The number of anilines is 1. The molecule has 1 atom stereocenters. The van der Waals surface area contributed by atoms with E-state index in [2.05, 4.69) is 42.7 Å². The number of halogens is 2. The highest BCUT2D eigenvalue weighted by Gasteiger charge is 2.29. The lowest BCUT2D eigenvalue weighted by atomic mass is 10.1. The molecule has 1 amide bonds. The van der Waals surface area contributed by atoms with Crippen molar-refractivity contribution in [1.29, 1.82) is 0 Å². The molecule has 8 heteroatoms. The Hall–Kier alpha value is -2.54. The number of likely N-dealkylation sites (N-methyl/N-ethyl adjacent to an activating group) is 1. The number of aromatic nitrogens is 2. The maximum Gasteiger partial charge on any atom is 0.254 e. The number of rotatable bonds is 8. The molecule has 0 radical (unpaired) electrons. The first-order chi connectivity index (χ1) is 17.3. The van der Waals surface area contributed by atoms with Crippen LogP contribution in [0.3, 0.4) is 0 Å². The number of amides is 1. The number of carbonyl (C=O) groups excluding carboxylic acids is 1. The van der Waals surface area contributed by atoms with Crippen molar-refractivity contribution in [3.05, 3.63) is 75.4 Å². The second-order valence-electron chi connectivity index (χ2n) is 9.38. The smallest absolute Gasteiger partial charge is 0.254 e. The van der Waals surface area contributed by atoms with Crippen molar-refractivity contribution in [3.8, 4) is 5.69 Å². The minimum absolute atomic E-state index is 0.0382. The molecule has 1 aliphatic rings. The fourth-order valence-electron chi connectivity index (χ4n) is 4.70. The van der Waals surface area contributed by atoms with E-state index in [4.69, 9.17) is 28.3 Å². The van der Waals surface area contributed by atoms with Gasteiger partial charge in [-0.2, -0.15) is 5.10 Å². The summed E-state index contributed by atoms with van der Waals surface area (Å²) in [6.45, 7) is 13.8. The summed E-state index contributed by atoms with van der Waals surface area (Å²) in [5.74, 6) is 1.02. The van der Waals surface area contributed by atoms with E-state index >= 15 is 0 Å². The first-order valence-corrected chi connectivity index (χ1v) is 13.5. The van der Waals surface area contributed by atoms with E-state index in [-0.39, 0.29) is 11.9 Å². The van der Waals surface area contributed by atoms with E-state index in [0.717, 1.165) is 61.9 Å². The molecule has 0 aliphatic carbocycles. The lowest BCUT2D eigenvalue weighted by Gasteiger charge is -2.37. The van der Waals surface area contributed by atoms with E-state index in [1.54, 1.807) is 18.2 Å². The fourth-order valence-corrected chi connectivity index (χ4v) is 4.99. The summed E-state index contributed by atoms with van der Waals surface area (Å²) in [6, 6.07) is 15.4. The van der Waals surface area contributed by atoms with Gasteiger partial charge in [-0.05, 0) is 57.1 Å². The Labute approximate surface area is 224 Å². The quantitative estimate of drug-likeness (QED) is 0.356. The van der Waals surface area contributed by atoms with Crippen molar-refractivity contribution in [1.82, 2.24) is 19.6 Å². The number of para-hydroxylation sites is 1. The molecule has 192 valence electrons. The highest BCUT2D eigenvalue weighted by Crippen LogP contribution is 2.31. The summed E-state index contributed by atoms with van der Waals surface area (Å²) in [5.41, 5.74) is 3.57. The van der Waals surface area contributed by atoms with E-state index in [1.165, 1.54) is 0 Å². The number of benzene rings is 2. The molecule has 0 bridgehead atoms. The van der Waals surface area contributed by atoms with Gasteiger partial charge in [-0.15, -0.1) is 0 Å². The number of hydrogen-bond acceptors (Lipinski definition) is 4. The van der Waals surface area contributed by atoms with Crippen LogP contribution in [0.15, 0.2) is 48.5 Å². The third kappa shape index (κ3) is 5.56. The third-order valence-corrected chi connectivity index (χ3v) is 7.89. The zero-order chi connectivity index (χ0) is 25.8. The van der Waals surface area contributed by atoms with Crippen molar-refractivity contribution in [2.75, 3.05) is 37.6 Å². The van der Waals surface area contributed by atoms with Crippen LogP contribution in [-0.2, 0) is 6.54 Å². The molecule has 1 aromatic heterocycles. The summed E-state index contributed by atoms with van der Waals surface area (Å²) in [6.07, 6.45) is 0.837. The van der Waals surface area contributed by atoms with Gasteiger partial charge < -0.3 is 14.7 Å². The van der Waals surface area contributed by atoms with Gasteiger partial charge in [0.05, 0.1) is 28.0 Å². The Kier molecular flexibility index (Phi) is 8.60. The maximum absolute atomic E-state index is 13.7. The average Bonchev–Trinajstić information content (AvgIpc) is 3.24. The van der Waals surface area contributed by atoms with Gasteiger partial charge in [0.15, 0.2) is 0 Å². The second kappa shape index (κ2) is 11.7. The lowest BCUT2D eigenvalue weighted by molar-refractivity contribution is 0.0671. The average molecular weight is 529 g/mol. The van der Waals surface area contributed by atoms with Crippen LogP contribution in [0.2, 0.25) is 10.0 Å². The molecule has 1 aliphatic heterocycles. The number of nitrogens with zero attached hydrogens (tertiary/aromatic N) is 5. The van der Waals surface area contributed by atoms with Gasteiger partial charge in [0.25, 0.3) is 5.91 Å². The van der Waals surface area contributed by atoms with Gasteiger partial charge in [-0.3, -0.25) is 4.79 Å². The molecule has 4 rings (SSSR count). The normalized spacial score (nSPS) is 15.2. The van der Waals surface area contributed by atoms with Crippen molar-refractivity contribution >= 4 is 34.9 Å². The molecule has 6 nitrogen and oxygen atoms in total. The van der Waals surface area contributed by atoms with Crippen LogP contribution in [0.25, 0.3) is 5.69 Å². The topological polar surface area (TPSA) is 44.6 Å². The fraction of sp³-hybridized carbons (Fsp3) is 0.429. The monoisotopic (exact) mass is 527 g/mol. The molecule has 3 aromatic rings. The van der Waals surface area contributed by atoms with Crippen molar-refractivity contribution in [2.24, 2.45) is 0 Å². The molecule has 0 unspecified atom stereocenters. The maximum atomic E-state index is 13.7. The van der Waals surface area contributed by atoms with Gasteiger partial charge in [0.2, 0.25) is 0 Å². The van der Waals surface area contributed by atoms with Crippen LogP contribution >= 0.6 is 23.2 Å². The molecular formula is C28H35Cl2N5O. The van der Waals surface area contributed by atoms with Crippen LogP contribution in [0, 0.1) is 6.92 Å². The zero-order valence-electron chi connectivity index (χ0n) is 21.5. The molecule has 0 spiro atoms. The molecule has 36 heavy (non-hydrogen) atoms. The standard InChI is InChI=1S/C28H35Cl2N5O/c1-5-20(3)34(28(36)22-12-13-25(29)26(30)18-22)19-24-21(4)31-35(23-10-8-7-9-11-23)27(24)33-16-14-32(6-2)15-17-33/h7-13,18,20H,5-6,14-17,19H2,1-4H3/t20-/m0/s1. The highest BCUT2D eigenvalue weighted by atomic mass is 35.5. The summed E-state index contributed by atoms with van der Waals surface area (Å²) >= 11 is 12.4. The van der Waals surface area contributed by atoms with Crippen LogP contribution in [0.5, 0.6) is 0 Å². The Bertz CT molecular complexity index is 1190. The minimum Gasteiger partial charge on any atom is -0.354 e. The SMILES string of the molecule is CC[C@H](C)N(Cc1c(C)nn(-c2ccccc2)c1N1CCN(CC)CC1)C(=O)c1ccc(Cl)c(Cl)c1. The molecule has 2 heterocycles. The first kappa shape index (κ1) is 26.5. The molecule has 0 N–H and O–H groups in total. The van der Waals surface area contributed by atoms with Gasteiger partial charge in [0, 0.05) is 43.3 Å². The van der Waals surface area contributed by atoms with Crippen molar-refractivity contribution in [2.45, 2.75) is 46.7 Å². The molecule has 1 saturated heterocycles. The summed E-state index contributed by atoms with van der Waals surface area (Å²) in [7, 11) is 0. The summed E-state index contributed by atoms with van der Waals surface area (Å²) < 4.78 is 2.05. The van der Waals surface area contributed by atoms with Crippen LogP contribution < -0.4 is 4.90 Å². The molecule has 2 aromatic carbocycles. The van der Waals surface area contributed by atoms with Gasteiger partial charge in [0.1, 0.15) is 5.82 Å². The Morgan fingerprint density at radius 1 is 1.03 bits per heavy atom. The third-order valence-electron chi connectivity index (χ3n) is 7.16. The van der Waals surface area contributed by atoms with Crippen molar-refractivity contribution < 1.29 is 4.79 Å². The molecule has 0 saturated carbocycles.